The van der Waals surface area contributed by atoms with Gasteiger partial charge in [0.25, 0.3) is 0 Å². The maximum absolute atomic E-state index is 5.69. The maximum Gasteiger partial charge on any atom is 0.104 e. The van der Waals surface area contributed by atoms with Crippen molar-refractivity contribution in [3.05, 3.63) is 0 Å². The molecule has 0 amide bonds. The smallest absolute Gasteiger partial charge is 0.104 e. The first-order valence-corrected chi connectivity index (χ1v) is 8.96. The zero-order valence-electron chi connectivity index (χ0n) is 14.4. The molecule has 0 bridgehead atoms. The van der Waals surface area contributed by atoms with E-state index in [1.807, 2.05) is 0 Å². The fourth-order valence-electron chi connectivity index (χ4n) is 3.15. The summed E-state index contributed by atoms with van der Waals surface area (Å²) >= 11 is 0. The molecule has 2 heterocycles. The van der Waals surface area contributed by atoms with Crippen molar-refractivity contribution in [1.29, 1.82) is 0 Å². The molecule has 3 heteroatoms. The zero-order valence-corrected chi connectivity index (χ0v) is 14.4. The molecule has 21 heavy (non-hydrogen) atoms. The Morgan fingerprint density at radius 1 is 1.33 bits per heavy atom. The van der Waals surface area contributed by atoms with Crippen molar-refractivity contribution >= 4 is 0 Å². The molecule has 3 fully saturated rings. The summed E-state index contributed by atoms with van der Waals surface area (Å²) in [5, 5.41) is 0. The topological polar surface area (TPSA) is 34.3 Å². The minimum absolute atomic E-state index is 0.309. The Morgan fingerprint density at radius 2 is 2.10 bits per heavy atom. The molecule has 1 aliphatic carbocycles. The third-order valence-electron chi connectivity index (χ3n) is 5.36. The fraction of sp³-hybridized carbons (Fsp3) is 1.00. The van der Waals surface area contributed by atoms with Crippen LogP contribution in [-0.2, 0) is 14.2 Å². The lowest BCUT2D eigenvalue weighted by molar-refractivity contribution is 0.114. The summed E-state index contributed by atoms with van der Waals surface area (Å²) in [6, 6.07) is 0. The molecular weight excluding hydrogens is 264 g/mol. The molecule has 0 radical (unpaired) electrons. The van der Waals surface area contributed by atoms with Crippen LogP contribution in [0, 0.1) is 11.8 Å². The van der Waals surface area contributed by atoms with Gasteiger partial charge in [-0.05, 0) is 44.4 Å². The summed E-state index contributed by atoms with van der Waals surface area (Å²) < 4.78 is 15.9. The quantitative estimate of drug-likeness (QED) is 0.522. The predicted molar refractivity (Wildman–Crippen MR) is 85.5 cm³/mol. The molecule has 3 aliphatic rings. The largest absolute Gasteiger partial charge is 0.379 e. The van der Waals surface area contributed by atoms with Crippen molar-refractivity contribution in [1.82, 2.24) is 0 Å². The van der Waals surface area contributed by atoms with Crippen LogP contribution < -0.4 is 0 Å². The second-order valence-corrected chi connectivity index (χ2v) is 7.22. The Labute approximate surface area is 130 Å². The predicted octanol–water partition coefficient (Wildman–Crippen LogP) is 4.19. The van der Waals surface area contributed by atoms with E-state index < -0.39 is 0 Å². The highest BCUT2D eigenvalue weighted by molar-refractivity contribution is 5.03. The molecule has 1 saturated carbocycles. The molecule has 0 aromatic heterocycles. The van der Waals surface area contributed by atoms with E-state index in [2.05, 4.69) is 27.7 Å². The first kappa shape index (κ1) is 17.2. The Morgan fingerprint density at radius 3 is 2.67 bits per heavy atom. The van der Waals surface area contributed by atoms with Gasteiger partial charge in [0.15, 0.2) is 0 Å². The lowest BCUT2D eigenvalue weighted by Crippen LogP contribution is -2.24. The number of hydrogen-bond acceptors (Lipinski definition) is 3. The number of ether oxygens (including phenoxy) is 3. The molecule has 2 aliphatic heterocycles. The summed E-state index contributed by atoms with van der Waals surface area (Å²) in [4.78, 5) is 0. The average molecular weight is 298 g/mol. The van der Waals surface area contributed by atoms with E-state index in [9.17, 15) is 0 Å². The van der Waals surface area contributed by atoms with Crippen molar-refractivity contribution in [3.8, 4) is 0 Å². The number of rotatable bonds is 7. The van der Waals surface area contributed by atoms with Gasteiger partial charge in [-0.25, -0.2) is 0 Å². The van der Waals surface area contributed by atoms with Gasteiger partial charge in [-0.15, -0.1) is 0 Å². The summed E-state index contributed by atoms with van der Waals surface area (Å²) in [6.45, 7) is 11.7. The molecule has 124 valence electrons. The molecule has 0 aromatic rings. The lowest BCUT2D eigenvalue weighted by Gasteiger charge is -2.26. The summed E-state index contributed by atoms with van der Waals surface area (Å²) in [5.74, 6) is 1.84. The van der Waals surface area contributed by atoms with Crippen molar-refractivity contribution in [3.63, 3.8) is 0 Å². The van der Waals surface area contributed by atoms with Crippen LogP contribution in [0.25, 0.3) is 0 Å². The standard InChI is InChI=1S/C11H20O.C7H14O2/c1-4-8(2)9-5-6-11(3)10(7-9)12-11;1-2-3-4-8-5-7-6-9-7/h8-10H,4-7H2,1-3H3;7H,2-6H2,1H3. The number of epoxide rings is 2. The SMILES string of the molecule is CCC(C)C1CCC2(C)OC2C1.CCCCOCC1CO1. The van der Waals surface area contributed by atoms with Gasteiger partial charge < -0.3 is 14.2 Å². The zero-order chi connectivity index (χ0) is 15.3. The number of fused-ring (bicyclic) bond motifs is 1. The van der Waals surface area contributed by atoms with E-state index in [1.165, 1.54) is 38.5 Å². The molecule has 2 saturated heterocycles. The van der Waals surface area contributed by atoms with Crippen molar-refractivity contribution in [2.24, 2.45) is 11.8 Å². The van der Waals surface area contributed by atoms with Gasteiger partial charge in [-0.3, -0.25) is 0 Å². The normalized spacial score (nSPS) is 38.0. The first-order valence-electron chi connectivity index (χ1n) is 8.96. The second-order valence-electron chi connectivity index (χ2n) is 7.22. The average Bonchev–Trinajstić information content (AvgIpc) is 3.38. The summed E-state index contributed by atoms with van der Waals surface area (Å²) in [7, 11) is 0. The Balaban J connectivity index is 0.000000161. The van der Waals surface area contributed by atoms with Crippen LogP contribution in [0.5, 0.6) is 0 Å². The molecule has 5 unspecified atom stereocenters. The minimum Gasteiger partial charge on any atom is -0.379 e. The van der Waals surface area contributed by atoms with E-state index in [0.29, 0.717) is 17.8 Å². The molecule has 3 nitrogen and oxygen atoms in total. The van der Waals surface area contributed by atoms with E-state index in [4.69, 9.17) is 14.2 Å². The summed E-state index contributed by atoms with van der Waals surface area (Å²) in [5.41, 5.74) is 0.309. The molecule has 3 rings (SSSR count). The second kappa shape index (κ2) is 7.94. The summed E-state index contributed by atoms with van der Waals surface area (Å²) in [6.07, 6.45) is 8.78. The fourth-order valence-corrected chi connectivity index (χ4v) is 3.15. The number of unbranched alkanes of at least 4 members (excludes halogenated alkanes) is 1. The van der Waals surface area contributed by atoms with Crippen LogP contribution in [0.1, 0.15) is 66.2 Å². The van der Waals surface area contributed by atoms with Gasteiger partial charge in [0.2, 0.25) is 0 Å². The minimum atomic E-state index is 0.309. The van der Waals surface area contributed by atoms with Crippen molar-refractivity contribution < 1.29 is 14.2 Å². The van der Waals surface area contributed by atoms with E-state index >= 15 is 0 Å². The van der Waals surface area contributed by atoms with Crippen LogP contribution in [0.2, 0.25) is 0 Å². The van der Waals surface area contributed by atoms with Crippen LogP contribution in [-0.4, -0.2) is 37.6 Å². The highest BCUT2D eigenvalue weighted by Gasteiger charge is 2.55. The number of hydrogen-bond donors (Lipinski definition) is 0. The monoisotopic (exact) mass is 298 g/mol. The third kappa shape index (κ3) is 5.54. The van der Waals surface area contributed by atoms with Crippen molar-refractivity contribution in [2.75, 3.05) is 19.8 Å². The Hall–Kier alpha value is -0.120. The van der Waals surface area contributed by atoms with Gasteiger partial charge in [-0.1, -0.05) is 33.6 Å². The first-order chi connectivity index (χ1) is 10.1. The molecule has 0 N–H and O–H groups in total. The maximum atomic E-state index is 5.69. The molecular formula is C18H34O3. The van der Waals surface area contributed by atoms with Gasteiger partial charge in [0, 0.05) is 6.61 Å². The third-order valence-corrected chi connectivity index (χ3v) is 5.36. The Kier molecular flexibility index (Phi) is 6.51. The Bertz CT molecular complexity index is 303. The van der Waals surface area contributed by atoms with Crippen LogP contribution in [0.15, 0.2) is 0 Å². The van der Waals surface area contributed by atoms with E-state index in [-0.39, 0.29) is 0 Å². The molecule has 0 aromatic carbocycles. The van der Waals surface area contributed by atoms with Crippen LogP contribution in [0.3, 0.4) is 0 Å². The van der Waals surface area contributed by atoms with E-state index in [1.54, 1.807) is 0 Å². The van der Waals surface area contributed by atoms with Gasteiger partial charge in [0.1, 0.15) is 6.10 Å². The van der Waals surface area contributed by atoms with Gasteiger partial charge in [0.05, 0.1) is 24.9 Å². The van der Waals surface area contributed by atoms with Gasteiger partial charge >= 0.3 is 0 Å². The van der Waals surface area contributed by atoms with Crippen LogP contribution >= 0.6 is 0 Å². The van der Waals surface area contributed by atoms with Gasteiger partial charge in [-0.2, -0.15) is 0 Å². The van der Waals surface area contributed by atoms with Crippen molar-refractivity contribution in [2.45, 2.75) is 84.0 Å². The highest BCUT2D eigenvalue weighted by Crippen LogP contribution is 2.50. The highest BCUT2D eigenvalue weighted by atomic mass is 16.6. The molecule has 5 atom stereocenters. The van der Waals surface area contributed by atoms with E-state index in [0.717, 1.165) is 31.7 Å². The van der Waals surface area contributed by atoms with Crippen LogP contribution in [0.4, 0.5) is 0 Å². The molecule has 0 spiro atoms. The lowest BCUT2D eigenvalue weighted by atomic mass is 9.76.